The number of carbonyl (C=O) groups excluding carboxylic acids is 3. The van der Waals surface area contributed by atoms with E-state index in [1.54, 1.807) is 0 Å². The molecule has 296 valence electrons. The van der Waals surface area contributed by atoms with E-state index in [9.17, 15) is 24.6 Å². The fourth-order valence-electron chi connectivity index (χ4n) is 11.6. The number of amides is 2. The highest BCUT2D eigenvalue weighted by molar-refractivity contribution is 5.91. The smallest absolute Gasteiger partial charge is 0.328 e. The van der Waals surface area contributed by atoms with Crippen molar-refractivity contribution < 1.29 is 29.3 Å². The number of esters is 1. The van der Waals surface area contributed by atoms with Crippen molar-refractivity contribution in [1.29, 1.82) is 0 Å². The number of carbonyl (C=O) groups is 3. The van der Waals surface area contributed by atoms with Crippen LogP contribution in [0.2, 0.25) is 0 Å². The maximum atomic E-state index is 13.5. The quantitative estimate of drug-likeness (QED) is 0.162. The molecule has 8 nitrogen and oxygen atoms in total. The molecule has 2 amide bonds. The maximum absolute atomic E-state index is 13.5. The fourth-order valence-corrected chi connectivity index (χ4v) is 11.6. The van der Waals surface area contributed by atoms with Crippen LogP contribution in [0.1, 0.15) is 130 Å². The van der Waals surface area contributed by atoms with E-state index < -0.39 is 12.0 Å². The average Bonchev–Trinajstić information content (AvgIpc) is 3.49. The van der Waals surface area contributed by atoms with Crippen molar-refractivity contribution in [3.8, 4) is 0 Å². The first-order valence-corrected chi connectivity index (χ1v) is 20.8. The second kappa shape index (κ2) is 16.5. The predicted molar refractivity (Wildman–Crippen MR) is 212 cm³/mol. The van der Waals surface area contributed by atoms with Crippen molar-refractivity contribution in [3.05, 3.63) is 65.7 Å². The number of fused-ring (bicyclic) bond motifs is 5. The van der Waals surface area contributed by atoms with Crippen LogP contribution in [0.25, 0.3) is 0 Å². The topological polar surface area (TPSA) is 125 Å². The molecule has 6 rings (SSSR count). The van der Waals surface area contributed by atoms with Gasteiger partial charge in [-0.15, -0.1) is 0 Å². The van der Waals surface area contributed by atoms with Gasteiger partial charge in [0.15, 0.2) is 0 Å². The Hall–Kier alpha value is -3.23. The molecule has 8 heteroatoms. The Morgan fingerprint density at radius 1 is 0.833 bits per heavy atom. The van der Waals surface area contributed by atoms with E-state index in [0.29, 0.717) is 54.0 Å². The molecular formula is C46H66N2O6. The molecule has 4 fully saturated rings. The van der Waals surface area contributed by atoms with Gasteiger partial charge in [-0.2, -0.15) is 0 Å². The van der Waals surface area contributed by atoms with E-state index in [4.69, 9.17) is 4.74 Å². The van der Waals surface area contributed by atoms with Crippen molar-refractivity contribution in [2.75, 3.05) is 5.32 Å². The van der Waals surface area contributed by atoms with Gasteiger partial charge in [0, 0.05) is 18.5 Å². The first-order chi connectivity index (χ1) is 25.6. The average molecular weight is 743 g/mol. The Kier molecular flexibility index (Phi) is 12.3. The molecule has 4 saturated carbocycles. The zero-order valence-corrected chi connectivity index (χ0v) is 33.6. The third-order valence-corrected chi connectivity index (χ3v) is 14.8. The summed E-state index contributed by atoms with van der Waals surface area (Å²) in [6, 6.07) is 16.3. The first kappa shape index (κ1) is 40.4. The van der Waals surface area contributed by atoms with Gasteiger partial charge in [-0.3, -0.25) is 9.59 Å². The number of rotatable bonds is 12. The van der Waals surface area contributed by atoms with Crippen molar-refractivity contribution in [2.45, 2.75) is 149 Å². The van der Waals surface area contributed by atoms with E-state index in [1.807, 2.05) is 54.6 Å². The van der Waals surface area contributed by atoms with Gasteiger partial charge in [-0.1, -0.05) is 84.0 Å². The molecule has 0 bridgehead atoms. The number of benzene rings is 2. The Labute approximate surface area is 323 Å². The molecule has 2 aromatic rings. The molecule has 0 aliphatic heterocycles. The molecule has 2 aromatic carbocycles. The molecular weight excluding hydrogens is 677 g/mol. The minimum atomic E-state index is -0.937. The number of nitrogens with one attached hydrogen (secondary N) is 2. The molecule has 0 spiro atoms. The number of aliphatic hydroxyl groups is 2. The second-order valence-corrected chi connectivity index (χ2v) is 19.1. The fraction of sp³-hybridized carbons (Fsp3) is 0.674. The minimum absolute atomic E-state index is 0.00541. The lowest BCUT2D eigenvalue weighted by molar-refractivity contribution is -0.174. The van der Waals surface area contributed by atoms with Crippen LogP contribution in [0.4, 0.5) is 5.69 Å². The van der Waals surface area contributed by atoms with Gasteiger partial charge in [-0.25, -0.2) is 4.79 Å². The van der Waals surface area contributed by atoms with Gasteiger partial charge in [0.25, 0.3) is 0 Å². The van der Waals surface area contributed by atoms with Crippen LogP contribution < -0.4 is 10.6 Å². The molecule has 0 saturated heterocycles. The van der Waals surface area contributed by atoms with E-state index in [0.717, 1.165) is 56.9 Å². The maximum Gasteiger partial charge on any atom is 0.328 e. The van der Waals surface area contributed by atoms with E-state index in [-0.39, 0.29) is 59.7 Å². The summed E-state index contributed by atoms with van der Waals surface area (Å²) >= 11 is 0. The van der Waals surface area contributed by atoms with Crippen molar-refractivity contribution in [2.24, 2.45) is 46.3 Å². The van der Waals surface area contributed by atoms with Crippen LogP contribution in [0.15, 0.2) is 54.6 Å². The number of aliphatic hydroxyl groups excluding tert-OH is 2. The molecule has 4 N–H and O–H groups in total. The first-order valence-electron chi connectivity index (χ1n) is 20.8. The molecule has 4 aliphatic carbocycles. The molecule has 0 radical (unpaired) electrons. The van der Waals surface area contributed by atoms with Crippen LogP contribution in [-0.2, 0) is 31.1 Å². The third-order valence-electron chi connectivity index (χ3n) is 14.8. The van der Waals surface area contributed by atoms with Crippen LogP contribution in [-0.4, -0.2) is 46.2 Å². The van der Waals surface area contributed by atoms with Gasteiger partial charge >= 0.3 is 5.97 Å². The van der Waals surface area contributed by atoms with Crippen LogP contribution in [0, 0.1) is 46.3 Å². The summed E-state index contributed by atoms with van der Waals surface area (Å²) in [7, 11) is 0. The van der Waals surface area contributed by atoms with Crippen molar-refractivity contribution >= 4 is 23.5 Å². The summed E-state index contributed by atoms with van der Waals surface area (Å²) < 4.78 is 5.65. The van der Waals surface area contributed by atoms with Gasteiger partial charge in [0.1, 0.15) is 12.6 Å². The lowest BCUT2D eigenvalue weighted by atomic mass is 9.43. The lowest BCUT2D eigenvalue weighted by Gasteiger charge is -2.62. The predicted octanol–water partition coefficient (Wildman–Crippen LogP) is 8.34. The highest BCUT2D eigenvalue weighted by Gasteiger charge is 2.62. The number of hydrogen-bond acceptors (Lipinski definition) is 6. The Morgan fingerprint density at radius 3 is 2.20 bits per heavy atom. The molecule has 0 heterocycles. The second-order valence-electron chi connectivity index (χ2n) is 19.1. The summed E-state index contributed by atoms with van der Waals surface area (Å²) in [4.78, 5) is 39.9. The van der Waals surface area contributed by atoms with E-state index in [2.05, 4.69) is 52.2 Å². The lowest BCUT2D eigenvalue weighted by Crippen LogP contribution is -2.58. The SMILES string of the molecule is C[C@H](CCC(=O)N[C@@H](CCC(=O)Nc1ccc(C(C)(C)C)cc1)C(=O)OCc1ccccc1)[C@H]1CC[C@H]2[C@@H]3[C@H](O)C[C@@H]4C[C@H](O)CC[C@]4(C)[C@H]3CC[C@]12C. The monoisotopic (exact) mass is 742 g/mol. The minimum Gasteiger partial charge on any atom is -0.459 e. The molecule has 0 aromatic heterocycles. The molecule has 54 heavy (non-hydrogen) atoms. The van der Waals surface area contributed by atoms with Crippen LogP contribution in [0.3, 0.4) is 0 Å². The van der Waals surface area contributed by atoms with Crippen LogP contribution >= 0.6 is 0 Å². The zero-order chi connectivity index (χ0) is 38.8. The van der Waals surface area contributed by atoms with Gasteiger partial charge in [0.05, 0.1) is 12.2 Å². The zero-order valence-electron chi connectivity index (χ0n) is 33.6. The summed E-state index contributed by atoms with van der Waals surface area (Å²) in [6.45, 7) is 13.7. The van der Waals surface area contributed by atoms with E-state index >= 15 is 0 Å². The highest BCUT2D eigenvalue weighted by Crippen LogP contribution is 2.68. The Balaban J connectivity index is 1.05. The summed E-state index contributed by atoms with van der Waals surface area (Å²) in [5, 5.41) is 27.9. The summed E-state index contributed by atoms with van der Waals surface area (Å²) in [5.74, 6) is 1.50. The summed E-state index contributed by atoms with van der Waals surface area (Å²) in [5.41, 5.74) is 3.04. The van der Waals surface area contributed by atoms with E-state index in [1.165, 1.54) is 5.56 Å². The van der Waals surface area contributed by atoms with Crippen LogP contribution in [0.5, 0.6) is 0 Å². The highest BCUT2D eigenvalue weighted by atomic mass is 16.5. The molecule has 11 atom stereocenters. The summed E-state index contributed by atoms with van der Waals surface area (Å²) in [6.07, 6.45) is 8.74. The molecule has 4 aliphatic rings. The Bertz CT molecular complexity index is 1600. The van der Waals surface area contributed by atoms with Gasteiger partial charge in [0.2, 0.25) is 11.8 Å². The normalized spacial score (nSPS) is 33.0. The number of anilines is 1. The Morgan fingerprint density at radius 2 is 1.50 bits per heavy atom. The van der Waals surface area contributed by atoms with Crippen molar-refractivity contribution in [1.82, 2.24) is 5.32 Å². The van der Waals surface area contributed by atoms with Gasteiger partial charge in [-0.05, 0) is 139 Å². The number of hydrogen-bond donors (Lipinski definition) is 4. The number of ether oxygens (including phenoxy) is 1. The third kappa shape index (κ3) is 8.75. The van der Waals surface area contributed by atoms with Crippen molar-refractivity contribution in [3.63, 3.8) is 0 Å². The standard InChI is InChI=1S/C46H66N2O6/c1-29(35-17-18-36-42-37(23-25-46(35,36)6)45(5)24-22-34(49)26-32(45)27-39(42)50)12-20-41(52)48-38(43(53)54-28-30-10-8-7-9-11-30)19-21-40(51)47-33-15-13-31(14-16-33)44(2,3)4/h7-11,13-16,29,32,34-39,42,49-50H,12,17-28H2,1-6H3,(H,47,51)(H,48,52)/t29-,32+,34-,35-,36+,37+,38+,39-,42+,45+,46-/m1/s1. The van der Waals surface area contributed by atoms with Gasteiger partial charge < -0.3 is 25.6 Å². The molecule has 0 unspecified atom stereocenters. The largest absolute Gasteiger partial charge is 0.459 e.